The molecule has 0 amide bonds. The Morgan fingerprint density at radius 1 is 1.07 bits per heavy atom. The first-order valence-electron chi connectivity index (χ1n) is 9.53. The third-order valence-electron chi connectivity index (χ3n) is 4.03. The first-order valence-corrected chi connectivity index (χ1v) is 9.94. The van der Waals surface area contributed by atoms with E-state index in [4.69, 9.17) is 21.7 Å². The molecule has 0 aliphatic carbocycles. The van der Waals surface area contributed by atoms with Gasteiger partial charge in [-0.2, -0.15) is 5.10 Å². The van der Waals surface area contributed by atoms with Crippen molar-refractivity contribution in [2.75, 3.05) is 19.8 Å². The molecular formula is C23H29N3O2S. The molecule has 0 radical (unpaired) electrons. The molecule has 5 nitrogen and oxygen atoms in total. The molecule has 29 heavy (non-hydrogen) atoms. The summed E-state index contributed by atoms with van der Waals surface area (Å²) in [4.78, 5) is 0. The van der Waals surface area contributed by atoms with Crippen LogP contribution in [0, 0.1) is 0 Å². The highest BCUT2D eigenvalue weighted by Crippen LogP contribution is 2.24. The number of thiocarbonyl (C=S) groups is 1. The average Bonchev–Trinajstić information content (AvgIpc) is 2.70. The van der Waals surface area contributed by atoms with Gasteiger partial charge >= 0.3 is 0 Å². The van der Waals surface area contributed by atoms with Gasteiger partial charge in [0.15, 0.2) is 5.11 Å². The van der Waals surface area contributed by atoms with E-state index in [0.29, 0.717) is 24.9 Å². The summed E-state index contributed by atoms with van der Waals surface area (Å²) in [5.74, 6) is 1.57. The Morgan fingerprint density at radius 2 is 1.76 bits per heavy atom. The van der Waals surface area contributed by atoms with Crippen LogP contribution in [0.5, 0.6) is 11.5 Å². The van der Waals surface area contributed by atoms with E-state index in [9.17, 15) is 0 Å². The van der Waals surface area contributed by atoms with E-state index in [0.717, 1.165) is 17.1 Å². The van der Waals surface area contributed by atoms with Crippen molar-refractivity contribution in [3.05, 3.63) is 72.3 Å². The molecule has 0 saturated heterocycles. The molecule has 0 heterocycles. The van der Waals surface area contributed by atoms with E-state index in [1.54, 1.807) is 12.3 Å². The molecule has 0 saturated carbocycles. The lowest BCUT2D eigenvalue weighted by atomic mass is 9.87. The van der Waals surface area contributed by atoms with E-state index in [2.05, 4.69) is 55.3 Å². The lowest BCUT2D eigenvalue weighted by Gasteiger charge is -2.19. The summed E-state index contributed by atoms with van der Waals surface area (Å²) in [6.45, 7) is 11.7. The molecule has 0 unspecified atom stereocenters. The molecule has 0 spiro atoms. The van der Waals surface area contributed by atoms with Gasteiger partial charge in [-0.1, -0.05) is 51.1 Å². The molecule has 2 aromatic carbocycles. The van der Waals surface area contributed by atoms with Crippen molar-refractivity contribution in [2.45, 2.75) is 26.2 Å². The van der Waals surface area contributed by atoms with Crippen LogP contribution in [0.3, 0.4) is 0 Å². The van der Waals surface area contributed by atoms with Crippen LogP contribution >= 0.6 is 12.2 Å². The fourth-order valence-corrected chi connectivity index (χ4v) is 2.58. The Kier molecular flexibility index (Phi) is 8.68. The monoisotopic (exact) mass is 411 g/mol. The Labute approximate surface area is 178 Å². The van der Waals surface area contributed by atoms with Gasteiger partial charge in [-0.3, -0.25) is 5.43 Å². The van der Waals surface area contributed by atoms with E-state index < -0.39 is 0 Å². The lowest BCUT2D eigenvalue weighted by Crippen LogP contribution is -2.31. The first-order chi connectivity index (χ1) is 13.9. The second-order valence-electron chi connectivity index (χ2n) is 7.38. The zero-order valence-corrected chi connectivity index (χ0v) is 18.1. The molecule has 2 aromatic rings. The van der Waals surface area contributed by atoms with Gasteiger partial charge in [0, 0.05) is 12.1 Å². The van der Waals surface area contributed by atoms with Gasteiger partial charge in [0.2, 0.25) is 0 Å². The van der Waals surface area contributed by atoms with Crippen molar-refractivity contribution < 1.29 is 9.47 Å². The highest BCUT2D eigenvalue weighted by atomic mass is 32.1. The molecule has 0 aromatic heterocycles. The predicted octanol–water partition coefficient (Wildman–Crippen LogP) is 4.43. The molecule has 2 N–H and O–H groups in total. The van der Waals surface area contributed by atoms with E-state index in [-0.39, 0.29) is 5.41 Å². The van der Waals surface area contributed by atoms with Crippen LogP contribution in [0.25, 0.3) is 0 Å². The van der Waals surface area contributed by atoms with E-state index in [1.807, 2.05) is 36.4 Å². The maximum atomic E-state index is 5.85. The topological polar surface area (TPSA) is 54.9 Å². The molecule has 0 fully saturated rings. The fourth-order valence-electron chi connectivity index (χ4n) is 2.45. The third-order valence-corrected chi connectivity index (χ3v) is 4.26. The number of rotatable bonds is 9. The van der Waals surface area contributed by atoms with Crippen molar-refractivity contribution in [2.24, 2.45) is 5.10 Å². The normalized spacial score (nSPS) is 11.1. The molecule has 6 heteroatoms. The van der Waals surface area contributed by atoms with Crippen molar-refractivity contribution in [3.8, 4) is 11.5 Å². The molecule has 2 rings (SSSR count). The highest BCUT2D eigenvalue weighted by molar-refractivity contribution is 7.80. The molecule has 0 atom stereocenters. The zero-order chi connectivity index (χ0) is 21.1. The standard InChI is InChI=1S/C23H29N3O2S/c1-5-14-24-22(29)26-25-17-18-8-6-7-9-21(18)28-16-15-27-20-12-10-19(11-13-20)23(2,3)4/h5-13,17H,1,14-16H2,2-4H3,(H2,24,26,29). The molecule has 0 aliphatic heterocycles. The molecule has 0 aliphatic rings. The summed E-state index contributed by atoms with van der Waals surface area (Å²) >= 11 is 5.10. The van der Waals surface area contributed by atoms with Crippen LogP contribution in [0.15, 0.2) is 66.3 Å². The van der Waals surface area contributed by atoms with Gasteiger partial charge in [-0.15, -0.1) is 6.58 Å². The first kappa shape index (κ1) is 22.4. The number of nitrogens with one attached hydrogen (secondary N) is 2. The van der Waals surface area contributed by atoms with Crippen molar-refractivity contribution >= 4 is 23.5 Å². The van der Waals surface area contributed by atoms with Crippen LogP contribution in [-0.2, 0) is 5.41 Å². The lowest BCUT2D eigenvalue weighted by molar-refractivity contribution is 0.217. The number of para-hydroxylation sites is 1. The summed E-state index contributed by atoms with van der Waals surface area (Å²) in [7, 11) is 0. The maximum Gasteiger partial charge on any atom is 0.187 e. The minimum absolute atomic E-state index is 0.132. The zero-order valence-electron chi connectivity index (χ0n) is 17.3. The van der Waals surface area contributed by atoms with Crippen molar-refractivity contribution in [3.63, 3.8) is 0 Å². The molecular weight excluding hydrogens is 382 g/mol. The smallest absolute Gasteiger partial charge is 0.187 e. The maximum absolute atomic E-state index is 5.85. The van der Waals surface area contributed by atoms with Crippen LogP contribution < -0.4 is 20.2 Å². The second-order valence-corrected chi connectivity index (χ2v) is 7.79. The van der Waals surface area contributed by atoms with Crippen molar-refractivity contribution in [1.82, 2.24) is 10.7 Å². The van der Waals surface area contributed by atoms with E-state index in [1.165, 1.54) is 5.56 Å². The van der Waals surface area contributed by atoms with Crippen LogP contribution in [0.4, 0.5) is 0 Å². The number of ether oxygens (including phenoxy) is 2. The Morgan fingerprint density at radius 3 is 2.45 bits per heavy atom. The molecule has 0 bridgehead atoms. The quantitative estimate of drug-likeness (QED) is 0.210. The minimum atomic E-state index is 0.132. The predicted molar refractivity (Wildman–Crippen MR) is 124 cm³/mol. The van der Waals surface area contributed by atoms with Gasteiger partial charge in [0.05, 0.1) is 6.21 Å². The average molecular weight is 412 g/mol. The van der Waals surface area contributed by atoms with Gasteiger partial charge in [-0.05, 0) is 47.5 Å². The Hall–Kier alpha value is -2.86. The van der Waals surface area contributed by atoms with Gasteiger partial charge in [0.1, 0.15) is 24.7 Å². The number of hydrogen-bond donors (Lipinski definition) is 2. The number of hydrazone groups is 1. The van der Waals surface area contributed by atoms with Gasteiger partial charge in [-0.25, -0.2) is 0 Å². The Bertz CT molecular complexity index is 827. The largest absolute Gasteiger partial charge is 0.490 e. The minimum Gasteiger partial charge on any atom is -0.490 e. The van der Waals surface area contributed by atoms with Crippen LogP contribution in [0.2, 0.25) is 0 Å². The summed E-state index contributed by atoms with van der Waals surface area (Å²) < 4.78 is 11.6. The summed E-state index contributed by atoms with van der Waals surface area (Å²) in [5.41, 5.74) is 5.02. The summed E-state index contributed by atoms with van der Waals surface area (Å²) in [6, 6.07) is 15.9. The molecule has 154 valence electrons. The van der Waals surface area contributed by atoms with Gasteiger partial charge in [0.25, 0.3) is 0 Å². The summed E-state index contributed by atoms with van der Waals surface area (Å²) in [6.07, 6.45) is 3.39. The number of benzene rings is 2. The van der Waals surface area contributed by atoms with Crippen LogP contribution in [-0.4, -0.2) is 31.1 Å². The Balaban J connectivity index is 1.82. The number of nitrogens with zero attached hydrogens (tertiary/aromatic N) is 1. The van der Waals surface area contributed by atoms with Crippen molar-refractivity contribution in [1.29, 1.82) is 0 Å². The third kappa shape index (κ3) is 7.95. The van der Waals surface area contributed by atoms with Crippen LogP contribution in [0.1, 0.15) is 31.9 Å². The van der Waals surface area contributed by atoms with E-state index >= 15 is 0 Å². The highest BCUT2D eigenvalue weighted by Gasteiger charge is 2.12. The van der Waals surface area contributed by atoms with Gasteiger partial charge < -0.3 is 14.8 Å². The second kappa shape index (κ2) is 11.2. The number of hydrogen-bond acceptors (Lipinski definition) is 4. The SMILES string of the molecule is C=CCNC(=S)NN=Cc1ccccc1OCCOc1ccc(C(C)(C)C)cc1. The fraction of sp³-hybridized carbons (Fsp3) is 0.304. The summed E-state index contributed by atoms with van der Waals surface area (Å²) in [5, 5.41) is 7.51.